The summed E-state index contributed by atoms with van der Waals surface area (Å²) < 4.78 is 0. The van der Waals surface area contributed by atoms with Gasteiger partial charge in [0.2, 0.25) is 5.91 Å². The Balaban J connectivity index is 2.17. The summed E-state index contributed by atoms with van der Waals surface area (Å²) in [6.07, 6.45) is 0. The Morgan fingerprint density at radius 3 is 2.00 bits per heavy atom. The van der Waals surface area contributed by atoms with Crippen molar-refractivity contribution in [3.8, 4) is 0 Å². The number of amides is 3. The number of hydrogen-bond acceptors (Lipinski definition) is 5. The van der Waals surface area contributed by atoms with Crippen LogP contribution in [-0.2, 0) is 14.4 Å². The molecule has 3 amide bonds. The smallest absolute Gasteiger partial charge is 0.343 e. The number of nitrogens with zero attached hydrogens (tertiary/aromatic N) is 1. The van der Waals surface area contributed by atoms with E-state index in [9.17, 15) is 19.2 Å². The molecule has 0 unspecified atom stereocenters. The summed E-state index contributed by atoms with van der Waals surface area (Å²) in [5, 5.41) is 2.88. The summed E-state index contributed by atoms with van der Waals surface area (Å²) in [5.74, 6) is -2.91. The first-order valence-electron chi connectivity index (χ1n) is 6.79. The normalized spacial score (nSPS) is 14.8. The van der Waals surface area contributed by atoms with Crippen molar-refractivity contribution < 1.29 is 24.0 Å². The van der Waals surface area contributed by atoms with Gasteiger partial charge in [-0.15, -0.1) is 0 Å². The molecule has 0 radical (unpaired) electrons. The van der Waals surface area contributed by atoms with Crippen molar-refractivity contribution in [2.24, 2.45) is 5.92 Å². The van der Waals surface area contributed by atoms with E-state index in [1.54, 1.807) is 26.0 Å². The Morgan fingerprint density at radius 2 is 1.59 bits per heavy atom. The second-order valence-corrected chi connectivity index (χ2v) is 5.28. The lowest BCUT2D eigenvalue weighted by atomic mass is 10.1. The Bertz CT molecular complexity index is 618. The number of rotatable bonds is 4. The third-order valence-electron chi connectivity index (χ3n) is 3.22. The molecule has 1 aromatic carbocycles. The molecule has 0 fully saturated rings. The Hall–Kier alpha value is -2.70. The summed E-state index contributed by atoms with van der Waals surface area (Å²) >= 11 is 0. The van der Waals surface area contributed by atoms with Crippen LogP contribution >= 0.6 is 0 Å². The minimum absolute atomic E-state index is 0.181. The van der Waals surface area contributed by atoms with Crippen LogP contribution in [0.25, 0.3) is 0 Å². The van der Waals surface area contributed by atoms with Gasteiger partial charge in [-0.3, -0.25) is 14.4 Å². The molecule has 0 bridgehead atoms. The maximum absolute atomic E-state index is 12.1. The fraction of sp³-hybridized carbons (Fsp3) is 0.333. The van der Waals surface area contributed by atoms with E-state index in [4.69, 9.17) is 4.84 Å². The maximum Gasteiger partial charge on any atom is 0.355 e. The molecule has 0 saturated carbocycles. The maximum atomic E-state index is 12.1. The molecule has 1 aliphatic rings. The van der Waals surface area contributed by atoms with Gasteiger partial charge in [-0.2, -0.15) is 0 Å². The van der Waals surface area contributed by atoms with Gasteiger partial charge in [0.15, 0.2) is 0 Å². The highest BCUT2D eigenvalue weighted by Gasteiger charge is 2.40. The van der Waals surface area contributed by atoms with Crippen LogP contribution in [0, 0.1) is 5.92 Å². The summed E-state index contributed by atoms with van der Waals surface area (Å²) in [5.41, 5.74) is 0.363. The van der Waals surface area contributed by atoms with Crippen molar-refractivity contribution >= 4 is 23.7 Å². The van der Waals surface area contributed by atoms with Crippen molar-refractivity contribution in [1.82, 2.24) is 10.4 Å². The van der Waals surface area contributed by atoms with Gasteiger partial charge in [0, 0.05) is 6.92 Å². The van der Waals surface area contributed by atoms with Gasteiger partial charge >= 0.3 is 5.97 Å². The highest BCUT2D eigenvalue weighted by molar-refractivity contribution is 6.20. The minimum Gasteiger partial charge on any atom is -0.343 e. The van der Waals surface area contributed by atoms with Crippen LogP contribution < -0.4 is 5.32 Å². The van der Waals surface area contributed by atoms with Gasteiger partial charge in [0.1, 0.15) is 6.04 Å². The van der Waals surface area contributed by atoms with Gasteiger partial charge in [-0.1, -0.05) is 31.0 Å². The van der Waals surface area contributed by atoms with E-state index in [1.807, 2.05) is 0 Å². The molecule has 7 heteroatoms. The van der Waals surface area contributed by atoms with Crippen LogP contribution in [0.3, 0.4) is 0 Å². The van der Waals surface area contributed by atoms with E-state index >= 15 is 0 Å². The first kappa shape index (κ1) is 15.7. The minimum atomic E-state index is -0.943. The number of imide groups is 1. The Kier molecular flexibility index (Phi) is 4.25. The fourth-order valence-corrected chi connectivity index (χ4v) is 2.11. The zero-order chi connectivity index (χ0) is 16.4. The van der Waals surface area contributed by atoms with Crippen LogP contribution in [0.15, 0.2) is 24.3 Å². The molecule has 1 aliphatic heterocycles. The van der Waals surface area contributed by atoms with Gasteiger partial charge in [0.05, 0.1) is 11.1 Å². The van der Waals surface area contributed by atoms with Crippen LogP contribution in [0.1, 0.15) is 41.5 Å². The molecule has 0 aliphatic carbocycles. The number of carbonyl (C=O) groups excluding carboxylic acids is 4. The highest BCUT2D eigenvalue weighted by atomic mass is 16.7. The van der Waals surface area contributed by atoms with E-state index < -0.39 is 29.7 Å². The number of hydroxylamine groups is 2. The molecule has 0 aromatic heterocycles. The second kappa shape index (κ2) is 5.97. The molecular weight excluding hydrogens is 288 g/mol. The lowest BCUT2D eigenvalue weighted by Gasteiger charge is -2.22. The average Bonchev–Trinajstić information content (AvgIpc) is 2.70. The molecule has 1 aromatic rings. The third kappa shape index (κ3) is 2.83. The first-order chi connectivity index (χ1) is 10.3. The molecule has 1 atom stereocenters. The van der Waals surface area contributed by atoms with Crippen molar-refractivity contribution in [2.75, 3.05) is 0 Å². The molecule has 0 spiro atoms. The molecular formula is C15H16N2O5. The van der Waals surface area contributed by atoms with Gasteiger partial charge in [0.25, 0.3) is 11.8 Å². The quantitative estimate of drug-likeness (QED) is 0.834. The first-order valence-corrected chi connectivity index (χ1v) is 6.79. The number of nitrogens with one attached hydrogen (secondary N) is 1. The van der Waals surface area contributed by atoms with Crippen molar-refractivity contribution in [2.45, 2.75) is 26.8 Å². The largest absolute Gasteiger partial charge is 0.355 e. The monoisotopic (exact) mass is 304 g/mol. The van der Waals surface area contributed by atoms with Crippen LogP contribution in [0.4, 0.5) is 0 Å². The highest BCUT2D eigenvalue weighted by Crippen LogP contribution is 2.23. The average molecular weight is 304 g/mol. The molecule has 116 valence electrons. The van der Waals surface area contributed by atoms with E-state index in [0.717, 1.165) is 0 Å². The standard InChI is InChI=1S/C15H16N2O5/c1-8(2)12(16-9(3)18)15(21)22-17-13(19)10-6-4-5-7-11(10)14(17)20/h4-8,12H,1-3H3,(H,16,18)/t12-/m0/s1. The number of fused-ring (bicyclic) bond motifs is 1. The SMILES string of the molecule is CC(=O)N[C@H](C(=O)ON1C(=O)c2ccccc2C1=O)C(C)C. The van der Waals surface area contributed by atoms with Crippen LogP contribution in [0.5, 0.6) is 0 Å². The second-order valence-electron chi connectivity index (χ2n) is 5.28. The molecule has 22 heavy (non-hydrogen) atoms. The molecule has 1 N–H and O–H groups in total. The van der Waals surface area contributed by atoms with Gasteiger partial charge in [-0.05, 0) is 18.1 Å². The lowest BCUT2D eigenvalue weighted by molar-refractivity contribution is -0.173. The van der Waals surface area contributed by atoms with Crippen molar-refractivity contribution in [3.63, 3.8) is 0 Å². The predicted octanol–water partition coefficient (Wildman–Crippen LogP) is 0.901. The third-order valence-corrected chi connectivity index (χ3v) is 3.22. The van der Waals surface area contributed by atoms with Crippen LogP contribution in [-0.4, -0.2) is 34.8 Å². The zero-order valence-corrected chi connectivity index (χ0v) is 12.5. The summed E-state index contributed by atoms with van der Waals surface area (Å²) in [4.78, 5) is 52.4. The predicted molar refractivity (Wildman–Crippen MR) is 75.5 cm³/mol. The van der Waals surface area contributed by atoms with Crippen molar-refractivity contribution in [1.29, 1.82) is 0 Å². The van der Waals surface area contributed by atoms with E-state index in [2.05, 4.69) is 5.32 Å². The number of carbonyl (C=O) groups is 4. The van der Waals surface area contributed by atoms with E-state index in [1.165, 1.54) is 19.1 Å². The fourth-order valence-electron chi connectivity index (χ4n) is 2.11. The summed E-state index contributed by atoms with van der Waals surface area (Å²) in [6.45, 7) is 4.69. The molecule has 2 rings (SSSR count). The van der Waals surface area contributed by atoms with Gasteiger partial charge in [-0.25, -0.2) is 4.79 Å². The topological polar surface area (TPSA) is 92.8 Å². The molecule has 7 nitrogen and oxygen atoms in total. The Morgan fingerprint density at radius 1 is 1.09 bits per heavy atom. The zero-order valence-electron chi connectivity index (χ0n) is 12.5. The summed E-state index contributed by atoms with van der Waals surface area (Å²) in [6, 6.07) is 5.25. The molecule has 0 saturated heterocycles. The number of hydrogen-bond donors (Lipinski definition) is 1. The lowest BCUT2D eigenvalue weighted by Crippen LogP contribution is -2.47. The number of benzene rings is 1. The summed E-state index contributed by atoms with van der Waals surface area (Å²) in [7, 11) is 0. The Labute approximate surface area is 127 Å². The van der Waals surface area contributed by atoms with E-state index in [-0.39, 0.29) is 17.0 Å². The van der Waals surface area contributed by atoms with Gasteiger partial charge < -0.3 is 10.2 Å². The molecule has 1 heterocycles. The van der Waals surface area contributed by atoms with Crippen LogP contribution in [0.2, 0.25) is 0 Å². The van der Waals surface area contributed by atoms with E-state index in [0.29, 0.717) is 5.06 Å². The van der Waals surface area contributed by atoms with Crippen molar-refractivity contribution in [3.05, 3.63) is 35.4 Å².